The fourth-order valence-corrected chi connectivity index (χ4v) is 1.33. The van der Waals surface area contributed by atoms with Crippen molar-refractivity contribution >= 4 is 11.6 Å². The summed E-state index contributed by atoms with van der Waals surface area (Å²) < 4.78 is 88.0. The third-order valence-electron chi connectivity index (χ3n) is 2.32. The minimum atomic E-state index is -6.38. The molecule has 0 heterocycles. The van der Waals surface area contributed by atoms with Crippen molar-refractivity contribution in [1.29, 1.82) is 0 Å². The topological polar surface area (TPSA) is 29.1 Å². The van der Waals surface area contributed by atoms with Gasteiger partial charge in [-0.05, 0) is 12.1 Å². The quantitative estimate of drug-likeness (QED) is 0.842. The number of nitrogens with one attached hydrogen (secondary N) is 1. The first-order valence-electron chi connectivity index (χ1n) is 5.10. The highest BCUT2D eigenvalue weighted by Crippen LogP contribution is 2.51. The van der Waals surface area contributed by atoms with Gasteiger partial charge in [0.2, 0.25) is 5.91 Å². The fraction of sp³-hybridized carbons (Fsp3) is 0.364. The number of rotatable bonds is 3. The van der Waals surface area contributed by atoms with Gasteiger partial charge in [0, 0.05) is 18.2 Å². The van der Waals surface area contributed by atoms with E-state index in [1.165, 1.54) is 0 Å². The molecule has 0 bridgehead atoms. The number of amides is 1. The Hall–Kier alpha value is -1.80. The third-order valence-corrected chi connectivity index (χ3v) is 2.32. The molecule has 9 heteroatoms. The molecule has 0 spiro atoms. The molecule has 1 amide bonds. The van der Waals surface area contributed by atoms with E-state index in [1.807, 2.05) is 0 Å². The van der Waals surface area contributed by atoms with Crippen molar-refractivity contribution in [3.05, 3.63) is 29.8 Å². The zero-order chi connectivity index (χ0) is 15.8. The summed E-state index contributed by atoms with van der Waals surface area (Å²) in [7, 11) is 0. The molecule has 1 rings (SSSR count). The lowest BCUT2D eigenvalue weighted by Gasteiger charge is -2.28. The summed E-state index contributed by atoms with van der Waals surface area (Å²) in [5.74, 6) is -12.2. The Balaban J connectivity index is 3.13. The van der Waals surface area contributed by atoms with E-state index in [-0.39, 0.29) is 5.69 Å². The van der Waals surface area contributed by atoms with Gasteiger partial charge in [-0.2, -0.15) is 30.7 Å². The third kappa shape index (κ3) is 2.86. The zero-order valence-corrected chi connectivity index (χ0v) is 9.86. The molecule has 1 N–H and O–H groups in total. The molecular formula is C11H8F7NO. The van der Waals surface area contributed by atoms with Crippen LogP contribution in [0.15, 0.2) is 24.3 Å². The molecule has 0 fully saturated rings. The first-order chi connectivity index (χ1) is 8.89. The zero-order valence-electron chi connectivity index (χ0n) is 9.86. The summed E-state index contributed by atoms with van der Waals surface area (Å²) in [5, 5.41) is 2.16. The molecule has 0 aliphatic rings. The van der Waals surface area contributed by atoms with Crippen LogP contribution in [-0.4, -0.2) is 18.0 Å². The number of halogens is 7. The summed E-state index contributed by atoms with van der Waals surface area (Å²) in [4.78, 5) is 10.7. The Morgan fingerprint density at radius 3 is 1.75 bits per heavy atom. The molecule has 0 aromatic heterocycles. The van der Waals surface area contributed by atoms with Crippen molar-refractivity contribution in [3.63, 3.8) is 0 Å². The van der Waals surface area contributed by atoms with E-state index in [0.29, 0.717) is 12.1 Å². The second kappa shape index (κ2) is 4.95. The summed E-state index contributed by atoms with van der Waals surface area (Å²) in [6.45, 7) is 1.11. The van der Waals surface area contributed by atoms with E-state index in [0.717, 1.165) is 19.1 Å². The average molecular weight is 303 g/mol. The fourth-order valence-electron chi connectivity index (χ4n) is 1.33. The lowest BCUT2D eigenvalue weighted by molar-refractivity contribution is -0.359. The summed E-state index contributed by atoms with van der Waals surface area (Å²) in [6, 6.07) is 2.39. The maximum absolute atomic E-state index is 13.3. The van der Waals surface area contributed by atoms with Crippen molar-refractivity contribution in [1.82, 2.24) is 0 Å². The lowest BCUT2D eigenvalue weighted by atomic mass is 10.0. The Labute approximate surface area is 108 Å². The van der Waals surface area contributed by atoms with Crippen LogP contribution in [0.3, 0.4) is 0 Å². The first kappa shape index (κ1) is 16.3. The summed E-state index contributed by atoms with van der Waals surface area (Å²) in [6.07, 6.45) is -6.38. The van der Waals surface area contributed by atoms with E-state index >= 15 is 0 Å². The van der Waals surface area contributed by atoms with E-state index in [2.05, 4.69) is 5.32 Å². The molecule has 0 atom stereocenters. The van der Waals surface area contributed by atoms with Gasteiger partial charge in [0.15, 0.2) is 0 Å². The lowest BCUT2D eigenvalue weighted by Crippen LogP contribution is -2.50. The number of hydrogen-bond acceptors (Lipinski definition) is 1. The monoisotopic (exact) mass is 303 g/mol. The molecule has 112 valence electrons. The maximum Gasteiger partial charge on any atom is 0.460 e. The van der Waals surface area contributed by atoms with E-state index in [9.17, 15) is 35.5 Å². The van der Waals surface area contributed by atoms with Gasteiger partial charge in [-0.3, -0.25) is 4.79 Å². The summed E-state index contributed by atoms with van der Waals surface area (Å²) in [5.41, 5.74) is -1.51. The minimum absolute atomic E-state index is 0.00706. The molecule has 20 heavy (non-hydrogen) atoms. The number of anilines is 1. The smallest absolute Gasteiger partial charge is 0.326 e. The van der Waals surface area contributed by atoms with Crippen LogP contribution >= 0.6 is 0 Å². The van der Waals surface area contributed by atoms with Crippen molar-refractivity contribution in [2.24, 2.45) is 0 Å². The normalized spacial score (nSPS) is 13.2. The van der Waals surface area contributed by atoms with Crippen molar-refractivity contribution in [2.75, 3.05) is 5.32 Å². The van der Waals surface area contributed by atoms with E-state index < -0.39 is 29.5 Å². The predicted molar refractivity (Wildman–Crippen MR) is 55.6 cm³/mol. The standard InChI is InChI=1S/C11H8F7NO/c1-6(20)19-8-4-2-7(3-5-8)9(12,13)10(14,15)11(16,17)18/h2-5H,1H3,(H,19,20). The van der Waals surface area contributed by atoms with Crippen molar-refractivity contribution < 1.29 is 35.5 Å². The van der Waals surface area contributed by atoms with E-state index in [4.69, 9.17) is 0 Å². The molecule has 0 saturated heterocycles. The Morgan fingerprint density at radius 2 is 1.40 bits per heavy atom. The van der Waals surface area contributed by atoms with Gasteiger partial charge < -0.3 is 5.32 Å². The van der Waals surface area contributed by atoms with Gasteiger partial charge in [0.25, 0.3) is 0 Å². The minimum Gasteiger partial charge on any atom is -0.326 e. The van der Waals surface area contributed by atoms with Crippen molar-refractivity contribution in [2.45, 2.75) is 24.9 Å². The highest BCUT2D eigenvalue weighted by Gasteiger charge is 2.73. The van der Waals surface area contributed by atoms with Crippen molar-refractivity contribution in [3.8, 4) is 0 Å². The molecule has 1 aromatic rings. The van der Waals surface area contributed by atoms with Crippen LogP contribution in [0, 0.1) is 0 Å². The number of benzene rings is 1. The van der Waals surface area contributed by atoms with Crippen LogP contribution in [-0.2, 0) is 10.7 Å². The predicted octanol–water partition coefficient (Wildman–Crippen LogP) is 3.93. The highest BCUT2D eigenvalue weighted by atomic mass is 19.4. The highest BCUT2D eigenvalue weighted by molar-refractivity contribution is 5.88. The van der Waals surface area contributed by atoms with E-state index in [1.54, 1.807) is 0 Å². The van der Waals surface area contributed by atoms with Crippen LogP contribution in [0.4, 0.5) is 36.4 Å². The SMILES string of the molecule is CC(=O)Nc1ccc(C(F)(F)C(F)(F)C(F)(F)F)cc1. The van der Waals surface area contributed by atoms with Crippen LogP contribution in [0.2, 0.25) is 0 Å². The number of hydrogen-bond donors (Lipinski definition) is 1. The number of alkyl halides is 7. The molecule has 2 nitrogen and oxygen atoms in total. The Bertz CT molecular complexity index is 492. The largest absolute Gasteiger partial charge is 0.460 e. The number of carbonyl (C=O) groups is 1. The molecule has 0 aliphatic heterocycles. The van der Waals surface area contributed by atoms with Gasteiger partial charge in [0.05, 0.1) is 0 Å². The van der Waals surface area contributed by atoms with Gasteiger partial charge in [0.1, 0.15) is 0 Å². The van der Waals surface area contributed by atoms with Crippen LogP contribution in [0.1, 0.15) is 12.5 Å². The molecule has 0 radical (unpaired) electrons. The van der Waals surface area contributed by atoms with Gasteiger partial charge in [-0.25, -0.2) is 0 Å². The molecule has 1 aromatic carbocycles. The second-order valence-corrected chi connectivity index (χ2v) is 3.91. The van der Waals surface area contributed by atoms with Crippen LogP contribution in [0.5, 0.6) is 0 Å². The summed E-state index contributed by atoms with van der Waals surface area (Å²) >= 11 is 0. The second-order valence-electron chi connectivity index (χ2n) is 3.91. The molecular weight excluding hydrogens is 295 g/mol. The van der Waals surface area contributed by atoms with Gasteiger partial charge in [-0.15, -0.1) is 0 Å². The molecule has 0 aliphatic carbocycles. The molecule has 0 saturated carbocycles. The first-order valence-corrected chi connectivity index (χ1v) is 5.10. The van der Waals surface area contributed by atoms with Gasteiger partial charge >= 0.3 is 18.0 Å². The average Bonchev–Trinajstić information content (AvgIpc) is 2.27. The van der Waals surface area contributed by atoms with Crippen LogP contribution in [0.25, 0.3) is 0 Å². The maximum atomic E-state index is 13.3. The Kier molecular flexibility index (Phi) is 4.02. The Morgan fingerprint density at radius 1 is 0.950 bits per heavy atom. The number of carbonyl (C=O) groups excluding carboxylic acids is 1. The van der Waals surface area contributed by atoms with Gasteiger partial charge in [-0.1, -0.05) is 12.1 Å². The molecule has 0 unspecified atom stereocenters. The van der Waals surface area contributed by atoms with Crippen LogP contribution < -0.4 is 5.32 Å².